The minimum Gasteiger partial charge on any atom is -0.494 e. The second-order valence-corrected chi connectivity index (χ2v) is 7.25. The number of hydrogen-bond donors (Lipinski definition) is 2. The number of carbonyl (C=O) groups excluding carboxylic acids is 2. The number of rotatable bonds is 10. The Labute approximate surface area is 172 Å². The van der Waals surface area contributed by atoms with Crippen LogP contribution in [-0.2, 0) is 4.79 Å². The zero-order valence-electron chi connectivity index (χ0n) is 17.6. The lowest BCUT2D eigenvalue weighted by Gasteiger charge is -2.13. The molecule has 0 atom stereocenters. The normalized spacial score (nSPS) is 10.5. The highest BCUT2D eigenvalue weighted by molar-refractivity contribution is 6.04. The molecule has 2 aromatic rings. The molecule has 0 unspecified atom stereocenters. The van der Waals surface area contributed by atoms with E-state index >= 15 is 0 Å². The van der Waals surface area contributed by atoms with Crippen molar-refractivity contribution < 1.29 is 19.1 Å². The second-order valence-electron chi connectivity index (χ2n) is 7.25. The Hall–Kier alpha value is -3.02. The van der Waals surface area contributed by atoms with Crippen LogP contribution in [0.4, 0.5) is 11.4 Å². The van der Waals surface area contributed by atoms with Gasteiger partial charge in [-0.1, -0.05) is 27.2 Å². The smallest absolute Gasteiger partial charge is 0.255 e. The van der Waals surface area contributed by atoms with Crippen LogP contribution in [0.1, 0.15) is 50.4 Å². The van der Waals surface area contributed by atoms with Gasteiger partial charge in [-0.3, -0.25) is 9.59 Å². The number of hydrogen-bond acceptors (Lipinski definition) is 4. The molecule has 0 spiro atoms. The minimum atomic E-state index is -0.234. The van der Waals surface area contributed by atoms with E-state index in [9.17, 15) is 9.59 Å². The largest absolute Gasteiger partial charge is 0.494 e. The third-order valence-electron chi connectivity index (χ3n) is 4.19. The summed E-state index contributed by atoms with van der Waals surface area (Å²) in [7, 11) is 1.53. The molecule has 0 radical (unpaired) electrons. The van der Waals surface area contributed by atoms with Crippen molar-refractivity contribution in [3.63, 3.8) is 0 Å². The molecule has 29 heavy (non-hydrogen) atoms. The highest BCUT2D eigenvalue weighted by atomic mass is 16.5. The zero-order chi connectivity index (χ0) is 21.2. The summed E-state index contributed by atoms with van der Waals surface area (Å²) >= 11 is 0. The topological polar surface area (TPSA) is 76.7 Å². The van der Waals surface area contributed by atoms with E-state index in [1.54, 1.807) is 42.5 Å². The molecule has 0 aliphatic heterocycles. The zero-order valence-corrected chi connectivity index (χ0v) is 17.6. The molecule has 0 aliphatic rings. The van der Waals surface area contributed by atoms with Crippen LogP contribution in [0.15, 0.2) is 42.5 Å². The van der Waals surface area contributed by atoms with Crippen molar-refractivity contribution in [2.75, 3.05) is 24.4 Å². The lowest BCUT2D eigenvalue weighted by atomic mass is 10.2. The molecule has 0 heterocycles. The van der Waals surface area contributed by atoms with E-state index in [4.69, 9.17) is 9.47 Å². The third-order valence-corrected chi connectivity index (χ3v) is 4.19. The summed E-state index contributed by atoms with van der Waals surface area (Å²) < 4.78 is 11.0. The van der Waals surface area contributed by atoms with Crippen molar-refractivity contribution in [2.24, 2.45) is 5.92 Å². The molecule has 2 N–H and O–H groups in total. The van der Waals surface area contributed by atoms with E-state index in [2.05, 4.69) is 24.5 Å². The molecular weight excluding hydrogens is 368 g/mol. The number of anilines is 2. The fraction of sp³-hybridized carbons (Fsp3) is 0.391. The van der Waals surface area contributed by atoms with Gasteiger partial charge < -0.3 is 20.1 Å². The fourth-order valence-electron chi connectivity index (χ4n) is 2.59. The van der Waals surface area contributed by atoms with Gasteiger partial charge in [0.05, 0.1) is 19.4 Å². The first-order valence-electron chi connectivity index (χ1n) is 9.95. The summed E-state index contributed by atoms with van der Waals surface area (Å²) in [5.41, 5.74) is 1.69. The molecule has 0 aromatic heterocycles. The molecule has 6 nitrogen and oxygen atoms in total. The van der Waals surface area contributed by atoms with Crippen LogP contribution in [-0.4, -0.2) is 25.5 Å². The van der Waals surface area contributed by atoms with Crippen LogP contribution in [0.5, 0.6) is 11.5 Å². The Bertz CT molecular complexity index is 816. The maximum Gasteiger partial charge on any atom is 0.255 e. The van der Waals surface area contributed by atoms with E-state index in [1.807, 2.05) is 6.92 Å². The summed E-state index contributed by atoms with van der Waals surface area (Å²) in [6.07, 6.45) is 2.26. The second kappa shape index (κ2) is 11.1. The van der Waals surface area contributed by atoms with Gasteiger partial charge in [0, 0.05) is 23.7 Å². The highest BCUT2D eigenvalue weighted by Crippen LogP contribution is 2.28. The number of ether oxygens (including phenoxy) is 2. The van der Waals surface area contributed by atoms with E-state index in [-0.39, 0.29) is 11.8 Å². The average molecular weight is 399 g/mol. The Balaban J connectivity index is 2.01. The minimum absolute atomic E-state index is 0.0540. The quantitative estimate of drug-likeness (QED) is 0.583. The first kappa shape index (κ1) is 22.3. The molecule has 6 heteroatoms. The van der Waals surface area contributed by atoms with Crippen LogP contribution < -0.4 is 20.1 Å². The number of methoxy groups -OCH3 is 1. The lowest BCUT2D eigenvalue weighted by Crippen LogP contribution is -2.14. The number of unbranched alkanes of at least 4 members (excludes halogenated alkanes) is 1. The van der Waals surface area contributed by atoms with Gasteiger partial charge in [-0.05, 0) is 48.7 Å². The molecule has 0 saturated carbocycles. The number of nitrogens with one attached hydrogen (secondary N) is 2. The third kappa shape index (κ3) is 7.14. The van der Waals surface area contributed by atoms with Crippen molar-refractivity contribution in [1.29, 1.82) is 0 Å². The van der Waals surface area contributed by atoms with Crippen LogP contribution in [0.25, 0.3) is 0 Å². The van der Waals surface area contributed by atoms with Gasteiger partial charge in [0.15, 0.2) is 0 Å². The van der Waals surface area contributed by atoms with Gasteiger partial charge in [-0.25, -0.2) is 0 Å². The fourth-order valence-corrected chi connectivity index (χ4v) is 2.59. The van der Waals surface area contributed by atoms with E-state index < -0.39 is 0 Å². The van der Waals surface area contributed by atoms with Crippen LogP contribution in [0, 0.1) is 5.92 Å². The highest BCUT2D eigenvalue weighted by Gasteiger charge is 2.11. The van der Waals surface area contributed by atoms with Gasteiger partial charge >= 0.3 is 0 Å². The monoisotopic (exact) mass is 398 g/mol. The molecule has 0 saturated heterocycles. The number of benzene rings is 2. The molecular formula is C23H30N2O4. The first-order valence-corrected chi connectivity index (χ1v) is 9.95. The Morgan fingerprint density at radius 3 is 2.38 bits per heavy atom. The van der Waals surface area contributed by atoms with Crippen molar-refractivity contribution in [1.82, 2.24) is 0 Å². The Kier molecular flexibility index (Phi) is 8.52. The van der Waals surface area contributed by atoms with Crippen LogP contribution in [0.3, 0.4) is 0 Å². The van der Waals surface area contributed by atoms with Crippen molar-refractivity contribution in [3.05, 3.63) is 48.0 Å². The van der Waals surface area contributed by atoms with Crippen molar-refractivity contribution >= 4 is 23.2 Å². The molecule has 156 valence electrons. The predicted molar refractivity (Wildman–Crippen MR) is 116 cm³/mol. The average Bonchev–Trinajstić information content (AvgIpc) is 2.72. The molecule has 0 bridgehead atoms. The maximum absolute atomic E-state index is 12.5. The van der Waals surface area contributed by atoms with Crippen LogP contribution >= 0.6 is 0 Å². The Morgan fingerprint density at radius 2 is 1.76 bits per heavy atom. The molecule has 2 aromatic carbocycles. The van der Waals surface area contributed by atoms with Gasteiger partial charge in [0.25, 0.3) is 5.91 Å². The Morgan fingerprint density at radius 1 is 1.03 bits per heavy atom. The molecule has 0 aliphatic carbocycles. The van der Waals surface area contributed by atoms with Crippen molar-refractivity contribution in [3.8, 4) is 11.5 Å². The predicted octanol–water partition coefficient (Wildman–Crippen LogP) is 5.11. The number of amides is 2. The summed E-state index contributed by atoms with van der Waals surface area (Å²) in [6, 6.07) is 12.2. The van der Waals surface area contributed by atoms with Gasteiger partial charge in [-0.15, -0.1) is 0 Å². The summed E-state index contributed by atoms with van der Waals surface area (Å²) in [4.78, 5) is 24.5. The standard InChI is InChI=1S/C23H30N2O4/c1-5-6-7-22(26)25-20-13-10-18(14-21(20)28-4)24-23(27)17-8-11-19(12-9-17)29-15-16(2)3/h8-14,16H,5-7,15H2,1-4H3,(H,24,27)(H,25,26). The van der Waals surface area contributed by atoms with Crippen molar-refractivity contribution in [2.45, 2.75) is 40.0 Å². The van der Waals surface area contributed by atoms with E-state index in [0.717, 1.165) is 18.6 Å². The lowest BCUT2D eigenvalue weighted by molar-refractivity contribution is -0.116. The van der Waals surface area contributed by atoms with E-state index in [1.165, 1.54) is 7.11 Å². The molecule has 2 rings (SSSR count). The van der Waals surface area contributed by atoms with Gasteiger partial charge in [0.1, 0.15) is 11.5 Å². The van der Waals surface area contributed by atoms with E-state index in [0.29, 0.717) is 41.6 Å². The summed E-state index contributed by atoms with van der Waals surface area (Å²) in [5.74, 6) is 1.38. The summed E-state index contributed by atoms with van der Waals surface area (Å²) in [5, 5.41) is 5.69. The first-order chi connectivity index (χ1) is 13.9. The molecule has 2 amide bonds. The summed E-state index contributed by atoms with van der Waals surface area (Å²) in [6.45, 7) is 6.83. The maximum atomic E-state index is 12.5. The van der Waals surface area contributed by atoms with Crippen LogP contribution in [0.2, 0.25) is 0 Å². The number of carbonyl (C=O) groups is 2. The van der Waals surface area contributed by atoms with Gasteiger partial charge in [0.2, 0.25) is 5.91 Å². The van der Waals surface area contributed by atoms with Gasteiger partial charge in [-0.2, -0.15) is 0 Å². The SMILES string of the molecule is CCCCC(=O)Nc1ccc(NC(=O)c2ccc(OCC(C)C)cc2)cc1OC. The molecule has 0 fully saturated rings.